The van der Waals surface area contributed by atoms with Gasteiger partial charge in [-0.15, -0.1) is 0 Å². The molecule has 104 valence electrons. The minimum Gasteiger partial charge on any atom is -0.496 e. The SMILES string of the molecule is COc1cccc(OC)c1C1NCCCC1C(N)=O. The summed E-state index contributed by atoms with van der Waals surface area (Å²) in [6.07, 6.45) is 1.73. The van der Waals surface area contributed by atoms with E-state index in [0.717, 1.165) is 24.9 Å². The second-order valence-corrected chi connectivity index (χ2v) is 4.66. The monoisotopic (exact) mass is 264 g/mol. The molecule has 3 N–H and O–H groups in total. The summed E-state index contributed by atoms with van der Waals surface area (Å²) in [5, 5.41) is 3.36. The average Bonchev–Trinajstić information content (AvgIpc) is 2.46. The third kappa shape index (κ3) is 2.66. The number of hydrogen-bond donors (Lipinski definition) is 2. The van der Waals surface area contributed by atoms with Gasteiger partial charge in [0.05, 0.1) is 31.7 Å². The Balaban J connectivity index is 2.45. The molecule has 0 radical (unpaired) electrons. The van der Waals surface area contributed by atoms with Gasteiger partial charge in [0.1, 0.15) is 11.5 Å². The maximum Gasteiger partial charge on any atom is 0.222 e. The van der Waals surface area contributed by atoms with Crippen molar-refractivity contribution in [2.75, 3.05) is 20.8 Å². The molecular weight excluding hydrogens is 244 g/mol. The highest BCUT2D eigenvalue weighted by atomic mass is 16.5. The Hall–Kier alpha value is -1.75. The molecule has 0 aromatic heterocycles. The summed E-state index contributed by atoms with van der Waals surface area (Å²) in [5.74, 6) is 0.902. The topological polar surface area (TPSA) is 73.6 Å². The zero-order valence-corrected chi connectivity index (χ0v) is 11.3. The van der Waals surface area contributed by atoms with Crippen molar-refractivity contribution < 1.29 is 14.3 Å². The number of carbonyl (C=O) groups is 1. The molecule has 1 saturated heterocycles. The summed E-state index contributed by atoms with van der Waals surface area (Å²) in [6, 6.07) is 5.44. The standard InChI is InChI=1S/C14H20N2O3/c1-18-10-6-3-7-11(19-2)12(10)13-9(14(15)17)5-4-8-16-13/h3,6-7,9,13,16H,4-5,8H2,1-2H3,(H2,15,17). The number of carbonyl (C=O) groups excluding carboxylic acids is 1. The van der Waals surface area contributed by atoms with Gasteiger partial charge in [-0.2, -0.15) is 0 Å². The van der Waals surface area contributed by atoms with Gasteiger partial charge in [0.2, 0.25) is 5.91 Å². The van der Waals surface area contributed by atoms with E-state index in [0.29, 0.717) is 11.5 Å². The van der Waals surface area contributed by atoms with Crippen LogP contribution in [0.2, 0.25) is 0 Å². The molecule has 2 unspecified atom stereocenters. The lowest BCUT2D eigenvalue weighted by atomic mass is 9.85. The summed E-state index contributed by atoms with van der Waals surface area (Å²) in [5.41, 5.74) is 6.39. The molecule has 1 aromatic rings. The number of nitrogens with two attached hydrogens (primary N) is 1. The van der Waals surface area contributed by atoms with Crippen LogP contribution < -0.4 is 20.5 Å². The third-order valence-corrected chi connectivity index (χ3v) is 3.60. The highest BCUT2D eigenvalue weighted by molar-refractivity contribution is 5.78. The Morgan fingerprint density at radius 1 is 1.32 bits per heavy atom. The molecule has 2 rings (SSSR count). The van der Waals surface area contributed by atoms with Crippen LogP contribution in [0.5, 0.6) is 11.5 Å². The maximum atomic E-state index is 11.6. The van der Waals surface area contributed by atoms with Crippen LogP contribution in [0.15, 0.2) is 18.2 Å². The van der Waals surface area contributed by atoms with E-state index >= 15 is 0 Å². The molecular formula is C14H20N2O3. The van der Waals surface area contributed by atoms with Gasteiger partial charge in [-0.3, -0.25) is 4.79 Å². The molecule has 2 atom stereocenters. The number of piperidine rings is 1. The Bertz CT molecular complexity index is 440. The van der Waals surface area contributed by atoms with Crippen LogP contribution >= 0.6 is 0 Å². The average molecular weight is 264 g/mol. The molecule has 1 aliphatic rings. The van der Waals surface area contributed by atoms with Gasteiger partial charge in [-0.25, -0.2) is 0 Å². The molecule has 1 fully saturated rings. The van der Waals surface area contributed by atoms with Crippen molar-refractivity contribution in [1.29, 1.82) is 0 Å². The van der Waals surface area contributed by atoms with Crippen LogP contribution in [0.25, 0.3) is 0 Å². The Morgan fingerprint density at radius 3 is 2.47 bits per heavy atom. The molecule has 5 heteroatoms. The fourth-order valence-corrected chi connectivity index (χ4v) is 2.68. The summed E-state index contributed by atoms with van der Waals surface area (Å²) < 4.78 is 10.8. The summed E-state index contributed by atoms with van der Waals surface area (Å²) in [6.45, 7) is 0.857. The van der Waals surface area contributed by atoms with Crippen LogP contribution in [0.1, 0.15) is 24.4 Å². The predicted octanol–water partition coefficient (Wildman–Crippen LogP) is 1.23. The first-order chi connectivity index (χ1) is 9.19. The van der Waals surface area contributed by atoms with Crippen LogP contribution in [0.4, 0.5) is 0 Å². The van der Waals surface area contributed by atoms with E-state index < -0.39 is 0 Å². The van der Waals surface area contributed by atoms with E-state index in [1.54, 1.807) is 14.2 Å². The van der Waals surface area contributed by atoms with Crippen molar-refractivity contribution in [3.05, 3.63) is 23.8 Å². The lowest BCUT2D eigenvalue weighted by molar-refractivity contribution is -0.123. The normalized spacial score (nSPS) is 22.8. The minimum absolute atomic E-state index is 0.155. The van der Waals surface area contributed by atoms with Crippen molar-refractivity contribution in [3.63, 3.8) is 0 Å². The number of ether oxygens (including phenoxy) is 2. The van der Waals surface area contributed by atoms with Gasteiger partial charge in [-0.1, -0.05) is 6.07 Å². The minimum atomic E-state index is -0.287. The van der Waals surface area contributed by atoms with E-state index in [1.807, 2.05) is 18.2 Å². The van der Waals surface area contributed by atoms with Gasteiger partial charge in [-0.05, 0) is 31.5 Å². The molecule has 1 aliphatic heterocycles. The van der Waals surface area contributed by atoms with Crippen molar-refractivity contribution in [2.24, 2.45) is 11.7 Å². The number of amides is 1. The van der Waals surface area contributed by atoms with Gasteiger partial charge in [0.25, 0.3) is 0 Å². The predicted molar refractivity (Wildman–Crippen MR) is 72.2 cm³/mol. The van der Waals surface area contributed by atoms with Crippen LogP contribution in [0.3, 0.4) is 0 Å². The second kappa shape index (κ2) is 5.93. The van der Waals surface area contributed by atoms with Crippen molar-refractivity contribution >= 4 is 5.91 Å². The highest BCUT2D eigenvalue weighted by Gasteiger charge is 2.34. The molecule has 0 spiro atoms. The largest absolute Gasteiger partial charge is 0.496 e. The van der Waals surface area contributed by atoms with E-state index in [2.05, 4.69) is 5.32 Å². The Kier molecular flexibility index (Phi) is 4.27. The lowest BCUT2D eigenvalue weighted by Gasteiger charge is -2.32. The second-order valence-electron chi connectivity index (χ2n) is 4.66. The maximum absolute atomic E-state index is 11.6. The fourth-order valence-electron chi connectivity index (χ4n) is 2.68. The van der Waals surface area contributed by atoms with E-state index in [4.69, 9.17) is 15.2 Å². The molecule has 1 heterocycles. The van der Waals surface area contributed by atoms with Gasteiger partial charge < -0.3 is 20.5 Å². The van der Waals surface area contributed by atoms with E-state index in [9.17, 15) is 4.79 Å². The number of nitrogens with one attached hydrogen (secondary N) is 1. The summed E-state index contributed by atoms with van der Waals surface area (Å²) in [7, 11) is 3.22. The molecule has 0 aliphatic carbocycles. The zero-order valence-electron chi connectivity index (χ0n) is 11.3. The molecule has 19 heavy (non-hydrogen) atoms. The molecule has 1 aromatic carbocycles. The Morgan fingerprint density at radius 2 is 1.95 bits per heavy atom. The van der Waals surface area contributed by atoms with Crippen molar-refractivity contribution in [3.8, 4) is 11.5 Å². The number of methoxy groups -OCH3 is 2. The number of hydrogen-bond acceptors (Lipinski definition) is 4. The highest BCUT2D eigenvalue weighted by Crippen LogP contribution is 2.40. The molecule has 0 bridgehead atoms. The molecule has 0 saturated carbocycles. The number of benzene rings is 1. The van der Waals surface area contributed by atoms with Crippen LogP contribution in [-0.4, -0.2) is 26.7 Å². The lowest BCUT2D eigenvalue weighted by Crippen LogP contribution is -2.41. The number of rotatable bonds is 4. The van der Waals surface area contributed by atoms with Gasteiger partial charge in [0.15, 0.2) is 0 Å². The summed E-state index contributed by atoms with van der Waals surface area (Å²) >= 11 is 0. The van der Waals surface area contributed by atoms with Gasteiger partial charge in [0, 0.05) is 0 Å². The molecule has 1 amide bonds. The van der Waals surface area contributed by atoms with E-state index in [1.165, 1.54) is 0 Å². The Labute approximate surface area is 113 Å². The first kappa shape index (κ1) is 13.7. The van der Waals surface area contributed by atoms with Crippen LogP contribution in [0, 0.1) is 5.92 Å². The number of primary amides is 1. The summed E-state index contributed by atoms with van der Waals surface area (Å²) in [4.78, 5) is 11.6. The van der Waals surface area contributed by atoms with Crippen molar-refractivity contribution in [2.45, 2.75) is 18.9 Å². The van der Waals surface area contributed by atoms with Gasteiger partial charge >= 0.3 is 0 Å². The molecule has 5 nitrogen and oxygen atoms in total. The first-order valence-corrected chi connectivity index (χ1v) is 6.42. The van der Waals surface area contributed by atoms with E-state index in [-0.39, 0.29) is 17.9 Å². The third-order valence-electron chi connectivity index (χ3n) is 3.60. The fraction of sp³-hybridized carbons (Fsp3) is 0.500. The zero-order chi connectivity index (χ0) is 13.8. The first-order valence-electron chi connectivity index (χ1n) is 6.42. The van der Waals surface area contributed by atoms with Crippen molar-refractivity contribution in [1.82, 2.24) is 5.32 Å². The quantitative estimate of drug-likeness (QED) is 0.858. The smallest absolute Gasteiger partial charge is 0.222 e. The van der Waals surface area contributed by atoms with Crippen LogP contribution in [-0.2, 0) is 4.79 Å².